The van der Waals surface area contributed by atoms with Crippen LogP contribution >= 0.6 is 0 Å². The first kappa shape index (κ1) is 11.3. The normalized spacial score (nSPS) is 18.6. The lowest BCUT2D eigenvalue weighted by molar-refractivity contribution is -0.119. The van der Waals surface area contributed by atoms with Crippen LogP contribution in [0.1, 0.15) is 16.9 Å². The quantitative estimate of drug-likeness (QED) is 0.396. The zero-order valence-electron chi connectivity index (χ0n) is 9.06. The summed E-state index contributed by atoms with van der Waals surface area (Å²) >= 11 is 0. The van der Waals surface area contributed by atoms with Crippen molar-refractivity contribution in [3.63, 3.8) is 0 Å². The minimum absolute atomic E-state index is 0.0550. The smallest absolute Gasteiger partial charge is 0.270 e. The molecular formula is C10H13N5O2. The van der Waals surface area contributed by atoms with Gasteiger partial charge in [-0.3, -0.25) is 9.59 Å². The van der Waals surface area contributed by atoms with Crippen LogP contribution in [0.3, 0.4) is 0 Å². The van der Waals surface area contributed by atoms with E-state index in [0.29, 0.717) is 18.8 Å². The summed E-state index contributed by atoms with van der Waals surface area (Å²) in [4.78, 5) is 26.8. The Bertz CT molecular complexity index is 448. The lowest BCUT2D eigenvalue weighted by atomic mass is 10.2. The number of hydrogen-bond donors (Lipinski definition) is 4. The summed E-state index contributed by atoms with van der Waals surface area (Å²) in [7, 11) is 0. The predicted octanol–water partition coefficient (Wildman–Crippen LogP) is -1.01. The van der Waals surface area contributed by atoms with E-state index >= 15 is 0 Å². The van der Waals surface area contributed by atoms with Gasteiger partial charge in [0.25, 0.3) is 5.91 Å². The number of amides is 2. The second-order valence-corrected chi connectivity index (χ2v) is 3.73. The molecule has 0 saturated carbocycles. The van der Waals surface area contributed by atoms with E-state index in [9.17, 15) is 9.59 Å². The van der Waals surface area contributed by atoms with E-state index in [-0.39, 0.29) is 23.6 Å². The number of nitrogen functional groups attached to an aromatic ring is 1. The van der Waals surface area contributed by atoms with E-state index in [0.717, 1.165) is 0 Å². The number of carbonyl (C=O) groups excluding carboxylic acids is 2. The van der Waals surface area contributed by atoms with Gasteiger partial charge in [-0.05, 0) is 12.1 Å². The van der Waals surface area contributed by atoms with Gasteiger partial charge in [0.15, 0.2) is 0 Å². The summed E-state index contributed by atoms with van der Waals surface area (Å²) in [5, 5.41) is 5.37. The first-order valence-electron chi connectivity index (χ1n) is 5.20. The Balaban J connectivity index is 2.01. The Kier molecular flexibility index (Phi) is 3.20. The maximum atomic E-state index is 11.8. The molecule has 2 amide bonds. The van der Waals surface area contributed by atoms with Crippen LogP contribution < -0.4 is 21.9 Å². The number of nitrogens with one attached hydrogen (secondary N) is 3. The molecule has 0 bridgehead atoms. The number of hydrogen-bond acceptors (Lipinski definition) is 5. The number of anilines is 1. The fraction of sp³-hybridized carbons (Fsp3) is 0.300. The Morgan fingerprint density at radius 1 is 1.53 bits per heavy atom. The molecule has 90 valence electrons. The summed E-state index contributed by atoms with van der Waals surface area (Å²) < 4.78 is 0. The van der Waals surface area contributed by atoms with Crippen molar-refractivity contribution >= 4 is 17.6 Å². The van der Waals surface area contributed by atoms with Crippen molar-refractivity contribution in [2.75, 3.05) is 12.0 Å². The summed E-state index contributed by atoms with van der Waals surface area (Å²) in [5.74, 6) is 5.25. The maximum Gasteiger partial charge on any atom is 0.270 e. The average molecular weight is 235 g/mol. The Labute approximate surface area is 97.8 Å². The fourth-order valence-corrected chi connectivity index (χ4v) is 1.61. The molecule has 0 aliphatic carbocycles. The molecule has 1 aromatic heterocycles. The number of carbonyl (C=O) groups is 2. The number of nitrogens with two attached hydrogens (primary N) is 1. The van der Waals surface area contributed by atoms with E-state index in [1.165, 1.54) is 0 Å². The Morgan fingerprint density at radius 3 is 3.00 bits per heavy atom. The molecule has 1 saturated heterocycles. The van der Waals surface area contributed by atoms with Crippen molar-refractivity contribution in [2.24, 2.45) is 5.84 Å². The van der Waals surface area contributed by atoms with Crippen molar-refractivity contribution in [3.05, 3.63) is 23.9 Å². The SMILES string of the molecule is NNc1cccc(C(=O)NC2CNC(=O)C2)n1. The average Bonchev–Trinajstić information content (AvgIpc) is 2.75. The second-order valence-electron chi connectivity index (χ2n) is 3.73. The van der Waals surface area contributed by atoms with Crippen LogP contribution in [0.15, 0.2) is 18.2 Å². The van der Waals surface area contributed by atoms with Crippen molar-refractivity contribution < 1.29 is 9.59 Å². The molecule has 1 fully saturated rings. The lowest BCUT2D eigenvalue weighted by Crippen LogP contribution is -2.36. The van der Waals surface area contributed by atoms with Crippen LogP contribution in [0.4, 0.5) is 5.82 Å². The number of rotatable bonds is 3. The van der Waals surface area contributed by atoms with E-state index in [1.807, 2.05) is 0 Å². The topological polar surface area (TPSA) is 109 Å². The minimum Gasteiger partial charge on any atom is -0.354 e. The number of hydrazine groups is 1. The standard InChI is InChI=1S/C10H13N5O2/c11-15-8-3-1-2-7(14-8)10(17)13-6-4-9(16)12-5-6/h1-3,6H,4-5,11H2,(H,12,16)(H,13,17)(H,14,15). The molecule has 2 rings (SSSR count). The molecule has 0 radical (unpaired) electrons. The first-order chi connectivity index (χ1) is 8.19. The van der Waals surface area contributed by atoms with Crippen LogP contribution in [-0.2, 0) is 4.79 Å². The minimum atomic E-state index is -0.316. The fourth-order valence-electron chi connectivity index (χ4n) is 1.61. The molecule has 0 spiro atoms. The molecule has 7 heteroatoms. The van der Waals surface area contributed by atoms with Crippen molar-refractivity contribution in [1.82, 2.24) is 15.6 Å². The highest BCUT2D eigenvalue weighted by molar-refractivity contribution is 5.93. The van der Waals surface area contributed by atoms with E-state index in [2.05, 4.69) is 21.0 Å². The first-order valence-corrected chi connectivity index (χ1v) is 5.20. The van der Waals surface area contributed by atoms with Gasteiger partial charge in [-0.25, -0.2) is 10.8 Å². The number of pyridine rings is 1. The van der Waals surface area contributed by atoms with Gasteiger partial charge in [0.2, 0.25) is 5.91 Å². The van der Waals surface area contributed by atoms with Gasteiger partial charge in [0.05, 0.1) is 6.04 Å². The monoisotopic (exact) mass is 235 g/mol. The number of aromatic nitrogens is 1. The molecule has 17 heavy (non-hydrogen) atoms. The van der Waals surface area contributed by atoms with Gasteiger partial charge in [-0.2, -0.15) is 0 Å². The third-order valence-corrected chi connectivity index (χ3v) is 2.44. The maximum absolute atomic E-state index is 11.8. The van der Waals surface area contributed by atoms with Crippen LogP contribution in [-0.4, -0.2) is 29.4 Å². The van der Waals surface area contributed by atoms with Gasteiger partial charge in [-0.15, -0.1) is 0 Å². The van der Waals surface area contributed by atoms with Gasteiger partial charge < -0.3 is 16.1 Å². The van der Waals surface area contributed by atoms with Crippen LogP contribution in [0.2, 0.25) is 0 Å². The van der Waals surface area contributed by atoms with E-state index in [4.69, 9.17) is 5.84 Å². The number of nitrogens with zero attached hydrogens (tertiary/aromatic N) is 1. The molecule has 5 N–H and O–H groups in total. The summed E-state index contributed by atoms with van der Waals surface area (Å²) in [6.45, 7) is 0.458. The summed E-state index contributed by atoms with van der Waals surface area (Å²) in [6.07, 6.45) is 0.306. The zero-order valence-corrected chi connectivity index (χ0v) is 9.06. The highest BCUT2D eigenvalue weighted by Crippen LogP contribution is 2.05. The molecule has 2 heterocycles. The molecule has 1 aromatic rings. The molecule has 1 atom stereocenters. The lowest BCUT2D eigenvalue weighted by Gasteiger charge is -2.10. The highest BCUT2D eigenvalue weighted by Gasteiger charge is 2.23. The zero-order chi connectivity index (χ0) is 12.3. The largest absolute Gasteiger partial charge is 0.354 e. The van der Waals surface area contributed by atoms with Gasteiger partial charge >= 0.3 is 0 Å². The van der Waals surface area contributed by atoms with Crippen LogP contribution in [0.5, 0.6) is 0 Å². The van der Waals surface area contributed by atoms with Crippen molar-refractivity contribution in [1.29, 1.82) is 0 Å². The molecule has 0 aromatic carbocycles. The molecule has 7 nitrogen and oxygen atoms in total. The highest BCUT2D eigenvalue weighted by atomic mass is 16.2. The van der Waals surface area contributed by atoms with Crippen molar-refractivity contribution in [3.8, 4) is 0 Å². The Morgan fingerprint density at radius 2 is 2.35 bits per heavy atom. The molecule has 1 aliphatic rings. The van der Waals surface area contributed by atoms with E-state index in [1.54, 1.807) is 18.2 Å². The predicted molar refractivity (Wildman–Crippen MR) is 60.9 cm³/mol. The van der Waals surface area contributed by atoms with E-state index < -0.39 is 0 Å². The third-order valence-electron chi connectivity index (χ3n) is 2.44. The van der Waals surface area contributed by atoms with Crippen LogP contribution in [0, 0.1) is 0 Å². The molecule has 1 aliphatic heterocycles. The third kappa shape index (κ3) is 2.70. The summed E-state index contributed by atoms with van der Waals surface area (Å²) in [5.41, 5.74) is 2.63. The van der Waals surface area contributed by atoms with Gasteiger partial charge in [0.1, 0.15) is 11.5 Å². The summed E-state index contributed by atoms with van der Waals surface area (Å²) in [6, 6.07) is 4.73. The second kappa shape index (κ2) is 4.79. The van der Waals surface area contributed by atoms with Gasteiger partial charge in [0, 0.05) is 13.0 Å². The Hall–Kier alpha value is -2.15. The van der Waals surface area contributed by atoms with Crippen molar-refractivity contribution in [2.45, 2.75) is 12.5 Å². The molecular weight excluding hydrogens is 222 g/mol. The molecule has 1 unspecified atom stereocenters. The van der Waals surface area contributed by atoms with Crippen LogP contribution in [0.25, 0.3) is 0 Å². The van der Waals surface area contributed by atoms with Gasteiger partial charge in [-0.1, -0.05) is 6.07 Å².